The first-order valence-electron chi connectivity index (χ1n) is 9.50. The van der Waals surface area contributed by atoms with E-state index < -0.39 is 8.32 Å². The minimum Gasteiger partial charge on any atom is -0.543 e. The van der Waals surface area contributed by atoms with E-state index in [1.54, 1.807) is 14.2 Å². The third-order valence-electron chi connectivity index (χ3n) is 5.70. The molecule has 0 N–H and O–H groups in total. The third-order valence-corrected chi connectivity index (χ3v) is 10.0. The molecule has 2 rings (SSSR count). The maximum atomic E-state index is 6.87. The van der Waals surface area contributed by atoms with E-state index in [9.17, 15) is 0 Å². The summed E-state index contributed by atoms with van der Waals surface area (Å²) in [7, 11) is 1.47. The summed E-state index contributed by atoms with van der Waals surface area (Å²) in [5.74, 6) is 2.77. The molecule has 2 aromatic carbocycles. The summed E-state index contributed by atoms with van der Waals surface area (Å²) in [5.41, 5.74) is 2.48. The highest BCUT2D eigenvalue weighted by atomic mass is 28.4. The number of benzene rings is 2. The molecule has 0 aliphatic heterocycles. The molecule has 0 atom stereocenters. The summed E-state index contributed by atoms with van der Waals surface area (Å²) >= 11 is 0. The van der Waals surface area contributed by atoms with Crippen molar-refractivity contribution in [2.45, 2.75) is 65.6 Å². The van der Waals surface area contributed by atoms with Gasteiger partial charge in [0, 0.05) is 10.9 Å². The standard InChI is InChI=1S/C22H34O3Si/c1-10-15-16(11-2)21(24-7)19-17(13-12-14-18(19)23-6)20(15)25-26(8,9)22(3,4)5/h12-14H,10-11H2,1-9H3. The molecule has 0 fully saturated rings. The zero-order valence-electron chi connectivity index (χ0n) is 17.9. The zero-order chi connectivity index (χ0) is 19.7. The van der Waals surface area contributed by atoms with Crippen LogP contribution in [0, 0.1) is 0 Å². The van der Waals surface area contributed by atoms with Gasteiger partial charge in [0.15, 0.2) is 0 Å². The number of fused-ring (bicyclic) bond motifs is 1. The van der Waals surface area contributed by atoms with Crippen molar-refractivity contribution in [3.63, 3.8) is 0 Å². The Morgan fingerprint density at radius 2 is 1.46 bits per heavy atom. The zero-order valence-corrected chi connectivity index (χ0v) is 18.9. The quantitative estimate of drug-likeness (QED) is 0.550. The molecule has 0 aliphatic rings. The van der Waals surface area contributed by atoms with Crippen molar-refractivity contribution in [2.24, 2.45) is 0 Å². The minimum absolute atomic E-state index is 0.134. The smallest absolute Gasteiger partial charge is 0.250 e. The summed E-state index contributed by atoms with van der Waals surface area (Å²) in [4.78, 5) is 0. The second kappa shape index (κ2) is 7.51. The van der Waals surface area contributed by atoms with Gasteiger partial charge in [0.25, 0.3) is 8.32 Å². The first-order chi connectivity index (χ1) is 12.1. The summed E-state index contributed by atoms with van der Waals surface area (Å²) < 4.78 is 18.4. The van der Waals surface area contributed by atoms with Gasteiger partial charge in [-0.1, -0.05) is 46.8 Å². The van der Waals surface area contributed by atoms with Gasteiger partial charge < -0.3 is 13.9 Å². The van der Waals surface area contributed by atoms with Gasteiger partial charge in [-0.05, 0) is 42.6 Å². The first kappa shape index (κ1) is 20.6. The highest BCUT2D eigenvalue weighted by molar-refractivity contribution is 6.74. The Hall–Kier alpha value is -1.68. The molecule has 26 heavy (non-hydrogen) atoms. The van der Waals surface area contributed by atoms with Crippen LogP contribution < -0.4 is 13.9 Å². The van der Waals surface area contributed by atoms with Crippen LogP contribution in [0.1, 0.15) is 45.7 Å². The predicted octanol–water partition coefficient (Wildman–Crippen LogP) is 6.37. The molecule has 3 nitrogen and oxygen atoms in total. The number of hydrogen-bond donors (Lipinski definition) is 0. The predicted molar refractivity (Wildman–Crippen MR) is 114 cm³/mol. The van der Waals surface area contributed by atoms with Crippen molar-refractivity contribution >= 4 is 19.1 Å². The first-order valence-corrected chi connectivity index (χ1v) is 12.4. The van der Waals surface area contributed by atoms with E-state index in [-0.39, 0.29) is 5.04 Å². The van der Waals surface area contributed by atoms with E-state index in [0.29, 0.717) is 0 Å². The van der Waals surface area contributed by atoms with Crippen LogP contribution >= 0.6 is 0 Å². The van der Waals surface area contributed by atoms with Gasteiger partial charge in [0.05, 0.1) is 19.6 Å². The largest absolute Gasteiger partial charge is 0.543 e. The van der Waals surface area contributed by atoms with Crippen molar-refractivity contribution in [1.82, 2.24) is 0 Å². The molecule has 0 aromatic heterocycles. The molecule has 4 heteroatoms. The van der Waals surface area contributed by atoms with Crippen LogP contribution in [0.15, 0.2) is 18.2 Å². The number of rotatable bonds is 6. The van der Waals surface area contributed by atoms with Crippen LogP contribution in [0.2, 0.25) is 18.1 Å². The average Bonchev–Trinajstić information content (AvgIpc) is 2.59. The minimum atomic E-state index is -1.98. The highest BCUT2D eigenvalue weighted by Gasteiger charge is 2.40. The van der Waals surface area contributed by atoms with Gasteiger partial charge in [-0.15, -0.1) is 0 Å². The highest BCUT2D eigenvalue weighted by Crippen LogP contribution is 2.48. The van der Waals surface area contributed by atoms with Gasteiger partial charge in [0.1, 0.15) is 17.2 Å². The van der Waals surface area contributed by atoms with Gasteiger partial charge in [0.2, 0.25) is 0 Å². The number of hydrogen-bond acceptors (Lipinski definition) is 3. The summed E-state index contributed by atoms with van der Waals surface area (Å²) in [6.07, 6.45) is 1.81. The molecule has 0 heterocycles. The molecule has 2 aromatic rings. The molecule has 0 radical (unpaired) electrons. The molecule has 0 saturated carbocycles. The Balaban J connectivity index is 2.93. The van der Waals surface area contributed by atoms with Crippen LogP contribution in [0.25, 0.3) is 10.8 Å². The van der Waals surface area contributed by atoms with Crippen molar-refractivity contribution in [2.75, 3.05) is 14.2 Å². The lowest BCUT2D eigenvalue weighted by Gasteiger charge is -2.38. The fourth-order valence-corrected chi connectivity index (χ4v) is 4.26. The Kier molecular flexibility index (Phi) is 5.96. The molecule has 0 amide bonds. The lowest BCUT2D eigenvalue weighted by molar-refractivity contribution is 0.401. The van der Waals surface area contributed by atoms with Crippen molar-refractivity contribution in [3.8, 4) is 17.2 Å². The fourth-order valence-electron chi connectivity index (χ4n) is 3.21. The Bertz CT molecular complexity index is 788. The van der Waals surface area contributed by atoms with Crippen molar-refractivity contribution in [1.29, 1.82) is 0 Å². The molecular weight excluding hydrogens is 340 g/mol. The SMILES string of the molecule is CCc1c(CC)c(OC)c2c(OC)cccc2c1O[Si](C)(C)C(C)(C)C. The third kappa shape index (κ3) is 3.44. The Morgan fingerprint density at radius 3 is 1.92 bits per heavy atom. The molecule has 144 valence electrons. The molecular formula is C22H34O3Si. The topological polar surface area (TPSA) is 27.7 Å². The number of ether oxygens (including phenoxy) is 2. The average molecular weight is 375 g/mol. The summed E-state index contributed by atoms with van der Waals surface area (Å²) in [6.45, 7) is 15.8. The van der Waals surface area contributed by atoms with Crippen molar-refractivity contribution < 1.29 is 13.9 Å². The van der Waals surface area contributed by atoms with E-state index in [4.69, 9.17) is 13.9 Å². The van der Waals surface area contributed by atoms with E-state index >= 15 is 0 Å². The lowest BCUT2D eigenvalue weighted by Crippen LogP contribution is -2.44. The Morgan fingerprint density at radius 1 is 0.885 bits per heavy atom. The maximum Gasteiger partial charge on any atom is 0.250 e. The molecule has 0 aliphatic carbocycles. The molecule has 0 unspecified atom stereocenters. The van der Waals surface area contributed by atoms with Crippen molar-refractivity contribution in [3.05, 3.63) is 29.3 Å². The van der Waals surface area contributed by atoms with Crippen LogP contribution in [0.4, 0.5) is 0 Å². The van der Waals surface area contributed by atoms with Crippen LogP contribution in [0.3, 0.4) is 0 Å². The van der Waals surface area contributed by atoms with Gasteiger partial charge >= 0.3 is 0 Å². The lowest BCUT2D eigenvalue weighted by atomic mass is 9.94. The molecule has 0 bridgehead atoms. The Labute approximate surface area is 159 Å². The van der Waals surface area contributed by atoms with Gasteiger partial charge in [-0.3, -0.25) is 0 Å². The number of methoxy groups -OCH3 is 2. The monoisotopic (exact) mass is 374 g/mol. The molecule has 0 spiro atoms. The maximum absolute atomic E-state index is 6.87. The van der Waals surface area contributed by atoms with Gasteiger partial charge in [-0.25, -0.2) is 0 Å². The van der Waals surface area contributed by atoms with Gasteiger partial charge in [-0.2, -0.15) is 0 Å². The summed E-state index contributed by atoms with van der Waals surface area (Å²) in [5, 5.41) is 2.23. The van der Waals surface area contributed by atoms with Crippen LogP contribution in [-0.2, 0) is 12.8 Å². The van der Waals surface area contributed by atoms with Crippen LogP contribution in [0.5, 0.6) is 17.2 Å². The van der Waals surface area contributed by atoms with E-state index in [1.165, 1.54) is 11.1 Å². The van der Waals surface area contributed by atoms with Crippen LogP contribution in [-0.4, -0.2) is 22.5 Å². The fraction of sp³-hybridized carbons (Fsp3) is 0.545. The molecule has 0 saturated heterocycles. The second-order valence-electron chi connectivity index (χ2n) is 8.27. The second-order valence-corrected chi connectivity index (χ2v) is 13.0. The van der Waals surface area contributed by atoms with E-state index in [2.05, 4.69) is 53.8 Å². The van der Waals surface area contributed by atoms with E-state index in [0.717, 1.165) is 40.9 Å². The normalized spacial score (nSPS) is 12.3. The summed E-state index contributed by atoms with van der Waals surface area (Å²) in [6, 6.07) is 6.15. The van der Waals surface area contributed by atoms with E-state index in [1.807, 2.05) is 12.1 Å².